The molecule has 0 N–H and O–H groups in total. The van der Waals surface area contributed by atoms with Crippen LogP contribution in [0.15, 0.2) is 30.6 Å². The van der Waals surface area contributed by atoms with E-state index in [9.17, 15) is 9.59 Å². The Kier molecular flexibility index (Phi) is 6.41. The molecule has 1 aliphatic rings. The molecule has 0 saturated carbocycles. The van der Waals surface area contributed by atoms with Crippen molar-refractivity contribution < 1.29 is 18.8 Å². The quantitative estimate of drug-likeness (QED) is 0.632. The second kappa shape index (κ2) is 8.48. The molecule has 2 aromatic heterocycles. The number of carbonyl (C=O) groups is 2. The van der Waals surface area contributed by atoms with Crippen molar-refractivity contribution in [3.05, 3.63) is 41.9 Å². The lowest BCUT2D eigenvalue weighted by molar-refractivity contribution is 0.0203. The van der Waals surface area contributed by atoms with Gasteiger partial charge in [0.15, 0.2) is 9.76 Å². The van der Waals surface area contributed by atoms with Crippen LogP contribution >= 0.6 is 0 Å². The smallest absolute Gasteiger partial charge is 0.417 e. The van der Waals surface area contributed by atoms with Gasteiger partial charge in [-0.15, -0.1) is 0 Å². The van der Waals surface area contributed by atoms with Crippen molar-refractivity contribution in [1.82, 2.24) is 14.5 Å². The first kappa shape index (κ1) is 24.2. The Morgan fingerprint density at radius 3 is 2.25 bits per heavy atom. The predicted octanol–water partition coefficient (Wildman–Crippen LogP) is 4.49. The molecule has 174 valence electrons. The van der Waals surface area contributed by atoms with Gasteiger partial charge in [-0.2, -0.15) is 0 Å². The van der Waals surface area contributed by atoms with Crippen molar-refractivity contribution in [2.45, 2.75) is 78.2 Å². The topological polar surface area (TPSA) is 73.7 Å². The molecule has 0 fully saturated rings. The van der Waals surface area contributed by atoms with Crippen LogP contribution in [0.25, 0.3) is 11.3 Å². The molecule has 0 spiro atoms. The normalized spacial score (nSPS) is 15.4. The Bertz CT molecular complexity index is 1000. The number of aromatic nitrogens is 2. The summed E-state index contributed by atoms with van der Waals surface area (Å²) in [5.41, 5.74) is 1.92. The Balaban J connectivity index is 2.06. The SMILES string of the molecule is CC(C)(C)OC(=O)N1CCc2c(cc(-c3ccncc3)n2C(C)(C)O[SiH2]C(C)(C)C)C1=O. The molecule has 0 bridgehead atoms. The van der Waals surface area contributed by atoms with Crippen LogP contribution in [0, 0.1) is 0 Å². The summed E-state index contributed by atoms with van der Waals surface area (Å²) in [5.74, 6) is -0.335. The third-order valence-corrected chi connectivity index (χ3v) is 6.85. The van der Waals surface area contributed by atoms with Gasteiger partial charge in [-0.25, -0.2) is 9.69 Å². The van der Waals surface area contributed by atoms with Gasteiger partial charge in [-0.3, -0.25) is 9.78 Å². The number of hydrogen-bond donors (Lipinski definition) is 0. The molecule has 0 radical (unpaired) electrons. The van der Waals surface area contributed by atoms with Gasteiger partial charge in [0.1, 0.15) is 11.3 Å². The van der Waals surface area contributed by atoms with Crippen LogP contribution in [-0.2, 0) is 21.3 Å². The molecular formula is C24H35N3O4Si. The predicted molar refractivity (Wildman–Crippen MR) is 127 cm³/mol. The van der Waals surface area contributed by atoms with E-state index < -0.39 is 27.2 Å². The fourth-order valence-corrected chi connectivity index (χ4v) is 4.66. The van der Waals surface area contributed by atoms with E-state index in [1.54, 1.807) is 33.2 Å². The zero-order valence-electron chi connectivity index (χ0n) is 20.5. The standard InChI is InChI=1S/C24H35N3O4Si/c1-22(2,3)30-21(29)26-14-11-18-17(20(26)28)15-19(16-9-12-25-13-10-16)27(18)24(7,8)31-32-23(4,5)6/h9-10,12-13,15H,11,14,32H2,1-8H3. The summed E-state index contributed by atoms with van der Waals surface area (Å²) in [6.45, 7) is 16.3. The Morgan fingerprint density at radius 1 is 1.06 bits per heavy atom. The Morgan fingerprint density at radius 2 is 1.69 bits per heavy atom. The van der Waals surface area contributed by atoms with Crippen molar-refractivity contribution in [3.63, 3.8) is 0 Å². The fourth-order valence-electron chi connectivity index (χ4n) is 3.75. The lowest BCUT2D eigenvalue weighted by Crippen LogP contribution is -2.45. The molecular weight excluding hydrogens is 422 g/mol. The van der Waals surface area contributed by atoms with Crippen molar-refractivity contribution in [2.24, 2.45) is 0 Å². The van der Waals surface area contributed by atoms with E-state index >= 15 is 0 Å². The number of hydrogen-bond acceptors (Lipinski definition) is 5. The molecule has 2 amide bonds. The second-order valence-electron chi connectivity index (χ2n) is 10.9. The second-order valence-corrected chi connectivity index (χ2v) is 13.6. The average Bonchev–Trinajstić information content (AvgIpc) is 3.07. The van der Waals surface area contributed by atoms with Crippen LogP contribution in [0.5, 0.6) is 0 Å². The van der Waals surface area contributed by atoms with E-state index in [-0.39, 0.29) is 17.5 Å². The summed E-state index contributed by atoms with van der Waals surface area (Å²) < 4.78 is 14.1. The highest BCUT2D eigenvalue weighted by atomic mass is 28.2. The minimum Gasteiger partial charge on any atom is -0.443 e. The number of pyridine rings is 1. The fraction of sp³-hybridized carbons (Fsp3) is 0.542. The first-order chi connectivity index (χ1) is 14.7. The van der Waals surface area contributed by atoms with Gasteiger partial charge in [0.2, 0.25) is 0 Å². The van der Waals surface area contributed by atoms with Gasteiger partial charge in [0.25, 0.3) is 5.91 Å². The molecule has 3 rings (SSSR count). The number of nitrogens with zero attached hydrogens (tertiary/aromatic N) is 3. The monoisotopic (exact) mass is 457 g/mol. The molecule has 1 aliphatic heterocycles. The number of amides is 2. The highest BCUT2D eigenvalue weighted by molar-refractivity contribution is 6.31. The molecule has 7 nitrogen and oxygen atoms in total. The van der Waals surface area contributed by atoms with E-state index in [0.29, 0.717) is 12.0 Å². The minimum atomic E-state index is -0.855. The van der Waals surface area contributed by atoms with Crippen LogP contribution < -0.4 is 0 Å². The van der Waals surface area contributed by atoms with E-state index in [1.807, 2.05) is 32.0 Å². The lowest BCUT2D eigenvalue weighted by Gasteiger charge is -2.36. The van der Waals surface area contributed by atoms with E-state index in [0.717, 1.165) is 17.0 Å². The molecule has 0 saturated heterocycles. The van der Waals surface area contributed by atoms with Crippen LogP contribution in [0.1, 0.15) is 71.4 Å². The van der Waals surface area contributed by atoms with Crippen LogP contribution in [0.3, 0.4) is 0 Å². The average molecular weight is 458 g/mol. The molecule has 2 aromatic rings. The Hall–Kier alpha value is -2.45. The maximum Gasteiger partial charge on any atom is 0.417 e. The summed E-state index contributed by atoms with van der Waals surface area (Å²) in [5, 5.41) is 0.130. The maximum absolute atomic E-state index is 13.4. The zero-order chi connectivity index (χ0) is 23.9. The van der Waals surface area contributed by atoms with Crippen LogP contribution in [0.2, 0.25) is 5.04 Å². The first-order valence-electron chi connectivity index (χ1n) is 11.0. The number of rotatable bonds is 4. The summed E-state index contributed by atoms with van der Waals surface area (Å²) in [6, 6.07) is 5.71. The molecule has 3 heterocycles. The summed E-state index contributed by atoms with van der Waals surface area (Å²) in [6.07, 6.45) is 3.40. The highest BCUT2D eigenvalue weighted by Crippen LogP contribution is 2.37. The number of carbonyl (C=O) groups excluding carboxylic acids is 2. The van der Waals surface area contributed by atoms with Gasteiger partial charge in [0, 0.05) is 36.6 Å². The number of ether oxygens (including phenoxy) is 1. The van der Waals surface area contributed by atoms with Gasteiger partial charge < -0.3 is 13.7 Å². The van der Waals surface area contributed by atoms with Crippen molar-refractivity contribution in [2.75, 3.05) is 6.54 Å². The Labute approximate surface area is 193 Å². The highest BCUT2D eigenvalue weighted by Gasteiger charge is 2.38. The molecule has 0 unspecified atom stereocenters. The van der Waals surface area contributed by atoms with Gasteiger partial charge in [-0.05, 0) is 57.9 Å². The maximum atomic E-state index is 13.4. The summed E-state index contributed by atoms with van der Waals surface area (Å²) >= 11 is 0. The van der Waals surface area contributed by atoms with Crippen molar-refractivity contribution in [3.8, 4) is 11.3 Å². The zero-order valence-corrected chi connectivity index (χ0v) is 21.9. The first-order valence-corrected chi connectivity index (χ1v) is 12.3. The molecule has 8 heteroatoms. The number of imide groups is 1. The molecule has 0 aromatic carbocycles. The minimum absolute atomic E-state index is 0.130. The lowest BCUT2D eigenvalue weighted by atomic mass is 10.1. The van der Waals surface area contributed by atoms with Crippen LogP contribution in [-0.4, -0.2) is 48.4 Å². The van der Waals surface area contributed by atoms with Crippen LogP contribution in [0.4, 0.5) is 4.79 Å². The van der Waals surface area contributed by atoms with E-state index in [2.05, 4.69) is 30.3 Å². The van der Waals surface area contributed by atoms with Gasteiger partial charge >= 0.3 is 6.09 Å². The van der Waals surface area contributed by atoms with Crippen molar-refractivity contribution >= 4 is 21.8 Å². The number of fused-ring (bicyclic) bond motifs is 1. The van der Waals surface area contributed by atoms with Gasteiger partial charge in [-0.1, -0.05) is 20.8 Å². The molecule has 0 atom stereocenters. The molecule has 0 aliphatic carbocycles. The largest absolute Gasteiger partial charge is 0.443 e. The van der Waals surface area contributed by atoms with E-state index in [4.69, 9.17) is 9.16 Å². The van der Waals surface area contributed by atoms with Gasteiger partial charge in [0.05, 0.1) is 11.3 Å². The van der Waals surface area contributed by atoms with E-state index in [1.165, 1.54) is 4.90 Å². The molecule has 32 heavy (non-hydrogen) atoms. The summed E-state index contributed by atoms with van der Waals surface area (Å²) in [4.78, 5) is 31.3. The third kappa shape index (κ3) is 5.30. The summed E-state index contributed by atoms with van der Waals surface area (Å²) in [7, 11) is -0.855. The van der Waals surface area contributed by atoms with Crippen molar-refractivity contribution in [1.29, 1.82) is 0 Å². The third-order valence-electron chi connectivity index (χ3n) is 5.14.